The number of aliphatic hydroxyl groups excluding tert-OH is 1. The number of hydrogen-bond acceptors (Lipinski definition) is 6. The first kappa shape index (κ1) is 24.9. The summed E-state index contributed by atoms with van der Waals surface area (Å²) in [7, 11) is 0. The second kappa shape index (κ2) is 10.7. The summed E-state index contributed by atoms with van der Waals surface area (Å²) in [5, 5.41) is 15.9. The summed E-state index contributed by atoms with van der Waals surface area (Å²) in [4.78, 5) is 30.6. The van der Waals surface area contributed by atoms with Crippen LogP contribution < -0.4 is 0 Å². The first-order valence-electron chi connectivity index (χ1n) is 12.7. The van der Waals surface area contributed by atoms with E-state index in [4.69, 9.17) is 4.74 Å². The fourth-order valence-electron chi connectivity index (χ4n) is 5.11. The first-order chi connectivity index (χ1) is 18.0. The van der Waals surface area contributed by atoms with Gasteiger partial charge in [0, 0.05) is 26.2 Å². The van der Waals surface area contributed by atoms with Gasteiger partial charge in [0.15, 0.2) is 0 Å². The number of Topliss-reactive ketones (excluding diaryl/α,β-unsaturated/α-hetero) is 1. The van der Waals surface area contributed by atoms with Crippen LogP contribution in [0.1, 0.15) is 34.8 Å². The van der Waals surface area contributed by atoms with Gasteiger partial charge in [-0.2, -0.15) is 5.10 Å². The van der Waals surface area contributed by atoms with Gasteiger partial charge < -0.3 is 14.7 Å². The van der Waals surface area contributed by atoms with Crippen molar-refractivity contribution in [3.05, 3.63) is 88.8 Å². The molecule has 3 aromatic rings. The van der Waals surface area contributed by atoms with E-state index in [-0.39, 0.29) is 11.3 Å². The molecule has 2 aliphatic heterocycles. The van der Waals surface area contributed by atoms with Crippen molar-refractivity contribution in [3.8, 4) is 5.69 Å². The number of morpholine rings is 1. The Morgan fingerprint density at radius 3 is 2.41 bits per heavy atom. The number of hydrogen-bond donors (Lipinski definition) is 1. The van der Waals surface area contributed by atoms with Crippen LogP contribution in [-0.4, -0.2) is 75.8 Å². The van der Waals surface area contributed by atoms with E-state index in [0.29, 0.717) is 31.0 Å². The molecule has 8 heteroatoms. The molecule has 3 heterocycles. The van der Waals surface area contributed by atoms with Crippen LogP contribution in [-0.2, 0) is 14.3 Å². The Balaban J connectivity index is 1.50. The molecule has 1 atom stereocenters. The minimum Gasteiger partial charge on any atom is -0.507 e. The van der Waals surface area contributed by atoms with E-state index in [2.05, 4.69) is 10.00 Å². The van der Waals surface area contributed by atoms with E-state index in [9.17, 15) is 14.7 Å². The number of carbonyl (C=O) groups excluding carboxylic acids is 2. The summed E-state index contributed by atoms with van der Waals surface area (Å²) < 4.78 is 7.14. The fourth-order valence-corrected chi connectivity index (χ4v) is 5.11. The highest BCUT2D eigenvalue weighted by Gasteiger charge is 2.46. The Morgan fingerprint density at radius 2 is 1.70 bits per heavy atom. The van der Waals surface area contributed by atoms with Gasteiger partial charge in [-0.25, -0.2) is 4.68 Å². The van der Waals surface area contributed by atoms with Crippen LogP contribution in [0.5, 0.6) is 0 Å². The van der Waals surface area contributed by atoms with Gasteiger partial charge in [0.1, 0.15) is 5.76 Å². The average Bonchev–Trinajstić information content (AvgIpc) is 3.42. The molecular formula is C29H32N4O4. The van der Waals surface area contributed by atoms with Crippen LogP contribution in [0, 0.1) is 13.8 Å². The van der Waals surface area contributed by atoms with Crippen LogP contribution >= 0.6 is 0 Å². The summed E-state index contributed by atoms with van der Waals surface area (Å²) >= 11 is 0. The number of aliphatic hydroxyl groups is 1. The van der Waals surface area contributed by atoms with Crippen molar-refractivity contribution in [1.29, 1.82) is 0 Å². The summed E-state index contributed by atoms with van der Waals surface area (Å²) in [5.41, 5.74) is 3.95. The maximum Gasteiger partial charge on any atom is 0.295 e. The second-order valence-corrected chi connectivity index (χ2v) is 9.60. The van der Waals surface area contributed by atoms with E-state index in [1.807, 2.05) is 68.4 Å². The van der Waals surface area contributed by atoms with Crippen molar-refractivity contribution in [2.45, 2.75) is 26.3 Å². The second-order valence-electron chi connectivity index (χ2n) is 9.60. The number of benzene rings is 2. The molecule has 0 unspecified atom stereocenters. The maximum atomic E-state index is 13.4. The Morgan fingerprint density at radius 1 is 1.00 bits per heavy atom. The highest BCUT2D eigenvalue weighted by molar-refractivity contribution is 6.46. The molecule has 2 fully saturated rings. The van der Waals surface area contributed by atoms with Crippen molar-refractivity contribution in [2.24, 2.45) is 0 Å². The maximum absolute atomic E-state index is 13.4. The molecular weight excluding hydrogens is 468 g/mol. The van der Waals surface area contributed by atoms with Crippen molar-refractivity contribution in [2.75, 3.05) is 39.4 Å². The topological polar surface area (TPSA) is 87.9 Å². The summed E-state index contributed by atoms with van der Waals surface area (Å²) in [6, 6.07) is 16.7. The molecule has 5 rings (SSSR count). The lowest BCUT2D eigenvalue weighted by Gasteiger charge is -2.29. The minimum atomic E-state index is -0.665. The van der Waals surface area contributed by atoms with Crippen LogP contribution in [0.3, 0.4) is 0 Å². The van der Waals surface area contributed by atoms with Crippen LogP contribution in [0.15, 0.2) is 66.4 Å². The molecule has 2 saturated heterocycles. The van der Waals surface area contributed by atoms with Gasteiger partial charge in [-0.15, -0.1) is 0 Å². The van der Waals surface area contributed by atoms with Gasteiger partial charge in [0.25, 0.3) is 11.7 Å². The highest BCUT2D eigenvalue weighted by atomic mass is 16.5. The molecule has 192 valence electrons. The summed E-state index contributed by atoms with van der Waals surface area (Å²) in [5.74, 6) is -1.44. The third-order valence-electron chi connectivity index (χ3n) is 7.18. The van der Waals surface area contributed by atoms with Crippen LogP contribution in [0.25, 0.3) is 11.4 Å². The Hall–Kier alpha value is -3.75. The number of nitrogens with zero attached hydrogens (tertiary/aromatic N) is 4. The fraction of sp³-hybridized carbons (Fsp3) is 0.345. The molecule has 2 aromatic carbocycles. The molecule has 1 aromatic heterocycles. The number of likely N-dealkylation sites (tertiary alicyclic amines) is 1. The average molecular weight is 501 g/mol. The van der Waals surface area contributed by atoms with Gasteiger partial charge in [-0.1, -0.05) is 48.0 Å². The number of carbonyl (C=O) groups is 2. The van der Waals surface area contributed by atoms with Gasteiger partial charge in [0.2, 0.25) is 0 Å². The number of ketones is 1. The van der Waals surface area contributed by atoms with Crippen molar-refractivity contribution < 1.29 is 19.4 Å². The lowest BCUT2D eigenvalue weighted by atomic mass is 9.95. The van der Waals surface area contributed by atoms with Crippen LogP contribution in [0.2, 0.25) is 0 Å². The van der Waals surface area contributed by atoms with E-state index in [1.54, 1.807) is 15.8 Å². The lowest BCUT2D eigenvalue weighted by molar-refractivity contribution is -0.140. The van der Waals surface area contributed by atoms with E-state index < -0.39 is 17.7 Å². The standard InChI is InChI=1S/C29H32N4O4/c1-20-9-11-22(12-10-20)26-25(27(34)24-19-30-33(21(24)2)23-7-4-3-5-8-23)28(35)29(36)32(26)14-6-13-31-15-17-37-18-16-31/h3-5,7-12,19,26,34H,6,13-18H2,1-2H3/b27-25+/t26-/m1/s1. The number of aromatic nitrogens is 2. The van der Waals surface area contributed by atoms with Gasteiger partial charge in [-0.3, -0.25) is 14.5 Å². The van der Waals surface area contributed by atoms with Gasteiger partial charge in [0.05, 0.1) is 48.0 Å². The van der Waals surface area contributed by atoms with Crippen molar-refractivity contribution in [1.82, 2.24) is 19.6 Å². The van der Waals surface area contributed by atoms with E-state index in [1.165, 1.54) is 0 Å². The summed E-state index contributed by atoms with van der Waals surface area (Å²) in [6.45, 7) is 8.22. The van der Waals surface area contributed by atoms with Gasteiger partial charge in [-0.05, 0) is 38.0 Å². The lowest BCUT2D eigenvalue weighted by Crippen LogP contribution is -2.38. The Bertz CT molecular complexity index is 1310. The SMILES string of the molecule is Cc1ccc([C@@H]2/C(=C(\O)c3cnn(-c4ccccc4)c3C)C(=O)C(=O)N2CCCN2CCOCC2)cc1. The number of amides is 1. The minimum absolute atomic E-state index is 0.107. The molecule has 2 aliphatic rings. The molecule has 1 N–H and O–H groups in total. The van der Waals surface area contributed by atoms with Crippen molar-refractivity contribution in [3.63, 3.8) is 0 Å². The van der Waals surface area contributed by atoms with Crippen LogP contribution in [0.4, 0.5) is 0 Å². The predicted octanol–water partition coefficient (Wildman–Crippen LogP) is 3.63. The smallest absolute Gasteiger partial charge is 0.295 e. The zero-order valence-electron chi connectivity index (χ0n) is 21.3. The zero-order chi connectivity index (χ0) is 25.9. The molecule has 37 heavy (non-hydrogen) atoms. The highest BCUT2D eigenvalue weighted by Crippen LogP contribution is 2.40. The number of ether oxygens (including phenoxy) is 1. The molecule has 0 bridgehead atoms. The normalized spacial score (nSPS) is 20.1. The molecule has 0 radical (unpaired) electrons. The molecule has 0 spiro atoms. The van der Waals surface area contributed by atoms with Crippen molar-refractivity contribution >= 4 is 17.4 Å². The van der Waals surface area contributed by atoms with Gasteiger partial charge >= 0.3 is 0 Å². The Kier molecular flexibility index (Phi) is 7.21. The molecule has 8 nitrogen and oxygen atoms in total. The molecule has 0 aliphatic carbocycles. The largest absolute Gasteiger partial charge is 0.507 e. The number of aryl methyl sites for hydroxylation is 1. The zero-order valence-corrected chi connectivity index (χ0v) is 21.3. The number of para-hydroxylation sites is 1. The van der Waals surface area contributed by atoms with E-state index in [0.717, 1.165) is 42.9 Å². The monoisotopic (exact) mass is 500 g/mol. The third-order valence-corrected chi connectivity index (χ3v) is 7.18. The predicted molar refractivity (Wildman–Crippen MR) is 140 cm³/mol. The molecule has 0 saturated carbocycles. The Labute approximate surface area is 216 Å². The molecule has 1 amide bonds. The summed E-state index contributed by atoms with van der Waals surface area (Å²) in [6.07, 6.45) is 2.27. The number of rotatable bonds is 7. The van der Waals surface area contributed by atoms with E-state index >= 15 is 0 Å². The first-order valence-corrected chi connectivity index (χ1v) is 12.7. The quantitative estimate of drug-likeness (QED) is 0.303. The third kappa shape index (κ3) is 4.95.